The molecule has 2 aromatic carbocycles. The van der Waals surface area contributed by atoms with Crippen LogP contribution < -0.4 is 4.90 Å². The van der Waals surface area contributed by atoms with Gasteiger partial charge >= 0.3 is 12.1 Å². The molecule has 1 amide bonds. The molecule has 0 fully saturated rings. The predicted octanol–water partition coefficient (Wildman–Crippen LogP) is 4.29. The van der Waals surface area contributed by atoms with Crippen molar-refractivity contribution in [2.75, 3.05) is 12.0 Å². The summed E-state index contributed by atoms with van der Waals surface area (Å²) in [6, 6.07) is 10.3. The van der Waals surface area contributed by atoms with E-state index in [9.17, 15) is 27.9 Å². The number of allylic oxidation sites excluding steroid dienone is 1. The van der Waals surface area contributed by atoms with E-state index >= 15 is 0 Å². The maximum atomic E-state index is 13.0. The van der Waals surface area contributed by atoms with E-state index < -0.39 is 23.6 Å². The zero-order chi connectivity index (χ0) is 21.3. The fourth-order valence-electron chi connectivity index (χ4n) is 3.06. The molecular formula is C21H16F3NO4. The summed E-state index contributed by atoms with van der Waals surface area (Å²) in [5, 5.41) is 9.99. The first-order chi connectivity index (χ1) is 13.6. The Morgan fingerprint density at radius 3 is 2.28 bits per heavy atom. The zero-order valence-corrected chi connectivity index (χ0v) is 15.4. The highest BCUT2D eigenvalue weighted by atomic mass is 19.4. The average molecular weight is 403 g/mol. The normalized spacial score (nSPS) is 16.0. The van der Waals surface area contributed by atoms with Crippen LogP contribution in [0.5, 0.6) is 5.75 Å². The highest BCUT2D eigenvalue weighted by Crippen LogP contribution is 2.37. The van der Waals surface area contributed by atoms with Crippen LogP contribution in [-0.2, 0) is 20.5 Å². The monoisotopic (exact) mass is 403 g/mol. The molecule has 29 heavy (non-hydrogen) atoms. The number of amides is 1. The van der Waals surface area contributed by atoms with Crippen LogP contribution in [0.25, 0.3) is 6.08 Å². The fraction of sp³-hybridized carbons (Fsp3) is 0.143. The van der Waals surface area contributed by atoms with Gasteiger partial charge in [-0.25, -0.2) is 4.79 Å². The minimum Gasteiger partial charge on any atom is -0.507 e. The van der Waals surface area contributed by atoms with E-state index in [1.165, 1.54) is 19.1 Å². The summed E-state index contributed by atoms with van der Waals surface area (Å²) in [6.45, 7) is 1.49. The molecule has 0 saturated carbocycles. The summed E-state index contributed by atoms with van der Waals surface area (Å²) in [5.41, 5.74) is -0.228. The van der Waals surface area contributed by atoms with E-state index in [1.54, 1.807) is 18.2 Å². The number of ether oxygens (including phenoxy) is 1. The lowest BCUT2D eigenvalue weighted by Crippen LogP contribution is -2.24. The van der Waals surface area contributed by atoms with E-state index in [0.717, 1.165) is 36.3 Å². The number of carbonyl (C=O) groups excluding carboxylic acids is 2. The molecule has 2 aromatic rings. The highest BCUT2D eigenvalue weighted by molar-refractivity contribution is 6.23. The average Bonchev–Trinajstić information content (AvgIpc) is 2.92. The molecule has 0 radical (unpaired) electrons. The molecule has 1 aliphatic rings. The molecule has 1 aliphatic heterocycles. The number of para-hydroxylation sites is 1. The Balaban J connectivity index is 2.11. The number of phenolic OH excluding ortho intramolecular Hbond substituents is 1. The van der Waals surface area contributed by atoms with Gasteiger partial charge in [0, 0.05) is 16.9 Å². The van der Waals surface area contributed by atoms with Gasteiger partial charge < -0.3 is 9.84 Å². The van der Waals surface area contributed by atoms with Crippen molar-refractivity contribution < 1.29 is 32.6 Å². The van der Waals surface area contributed by atoms with Gasteiger partial charge in [0.25, 0.3) is 5.91 Å². The van der Waals surface area contributed by atoms with Crippen molar-refractivity contribution in [2.45, 2.75) is 13.1 Å². The van der Waals surface area contributed by atoms with E-state index in [4.69, 9.17) is 4.74 Å². The first kappa shape index (κ1) is 20.2. The number of methoxy groups -OCH3 is 1. The van der Waals surface area contributed by atoms with Gasteiger partial charge in [0.2, 0.25) is 0 Å². The standard InChI is InChI=1S/C21H16F3NO4/c1-12-18(20(28)29-2)16(11-13-5-3-4-6-17(13)26)19(27)25(12)15-9-7-14(8-10-15)21(22,23)24/h3-11,26H,1-2H3/b16-11-. The van der Waals surface area contributed by atoms with E-state index in [-0.39, 0.29) is 28.3 Å². The quantitative estimate of drug-likeness (QED) is 0.613. The van der Waals surface area contributed by atoms with Crippen LogP contribution in [0.4, 0.5) is 18.9 Å². The van der Waals surface area contributed by atoms with E-state index in [1.807, 2.05) is 0 Å². The SMILES string of the molecule is COC(=O)C1=C(C)N(c2ccc(C(F)(F)F)cc2)C(=O)/C1=C\c1ccccc1O. The van der Waals surface area contributed by atoms with Gasteiger partial charge in [0.15, 0.2) is 0 Å². The third kappa shape index (κ3) is 3.73. The molecule has 5 nitrogen and oxygen atoms in total. The maximum Gasteiger partial charge on any atom is 0.416 e. The lowest BCUT2D eigenvalue weighted by atomic mass is 10.0. The second-order valence-corrected chi connectivity index (χ2v) is 6.25. The molecule has 0 atom stereocenters. The molecule has 0 unspecified atom stereocenters. The van der Waals surface area contributed by atoms with Crippen LogP contribution >= 0.6 is 0 Å². The summed E-state index contributed by atoms with van der Waals surface area (Å²) in [6.07, 6.45) is -3.16. The van der Waals surface area contributed by atoms with Gasteiger partial charge in [0.1, 0.15) is 5.75 Å². The fourth-order valence-corrected chi connectivity index (χ4v) is 3.06. The number of anilines is 1. The van der Waals surface area contributed by atoms with Crippen LogP contribution in [0.15, 0.2) is 65.4 Å². The molecule has 1 N–H and O–H groups in total. The van der Waals surface area contributed by atoms with Crippen molar-refractivity contribution in [3.8, 4) is 5.75 Å². The van der Waals surface area contributed by atoms with Crippen molar-refractivity contribution in [2.24, 2.45) is 0 Å². The molecular weight excluding hydrogens is 387 g/mol. The van der Waals surface area contributed by atoms with Crippen LogP contribution in [0.2, 0.25) is 0 Å². The topological polar surface area (TPSA) is 66.8 Å². The number of carbonyl (C=O) groups is 2. The minimum absolute atomic E-state index is 0.0272. The predicted molar refractivity (Wildman–Crippen MR) is 99.7 cm³/mol. The number of esters is 1. The van der Waals surface area contributed by atoms with Gasteiger partial charge in [-0.2, -0.15) is 13.2 Å². The Bertz CT molecular complexity index is 1040. The highest BCUT2D eigenvalue weighted by Gasteiger charge is 2.38. The lowest BCUT2D eigenvalue weighted by molar-refractivity contribution is -0.137. The number of rotatable bonds is 3. The first-order valence-corrected chi connectivity index (χ1v) is 8.46. The van der Waals surface area contributed by atoms with E-state index in [0.29, 0.717) is 5.56 Å². The molecule has 0 aliphatic carbocycles. The Kier molecular flexibility index (Phi) is 5.19. The van der Waals surface area contributed by atoms with Gasteiger partial charge in [-0.3, -0.25) is 9.69 Å². The molecule has 0 spiro atoms. The number of hydrogen-bond acceptors (Lipinski definition) is 4. The summed E-state index contributed by atoms with van der Waals surface area (Å²) < 4.78 is 43.2. The summed E-state index contributed by atoms with van der Waals surface area (Å²) in [4.78, 5) is 26.5. The van der Waals surface area contributed by atoms with Gasteiger partial charge in [-0.1, -0.05) is 18.2 Å². The lowest BCUT2D eigenvalue weighted by Gasteiger charge is -2.18. The Morgan fingerprint density at radius 2 is 1.72 bits per heavy atom. The van der Waals surface area contributed by atoms with Gasteiger partial charge in [-0.05, 0) is 43.3 Å². The first-order valence-electron chi connectivity index (χ1n) is 8.46. The molecule has 1 heterocycles. The molecule has 0 saturated heterocycles. The van der Waals surface area contributed by atoms with Crippen molar-refractivity contribution in [3.63, 3.8) is 0 Å². The molecule has 8 heteroatoms. The van der Waals surface area contributed by atoms with Crippen LogP contribution in [0.3, 0.4) is 0 Å². The molecule has 0 bridgehead atoms. The van der Waals surface area contributed by atoms with Gasteiger partial charge in [0.05, 0.1) is 23.8 Å². The second kappa shape index (κ2) is 7.46. The zero-order valence-electron chi connectivity index (χ0n) is 15.4. The minimum atomic E-state index is -4.51. The third-order valence-corrected chi connectivity index (χ3v) is 4.48. The van der Waals surface area contributed by atoms with Crippen molar-refractivity contribution in [1.82, 2.24) is 0 Å². The van der Waals surface area contributed by atoms with Gasteiger partial charge in [-0.15, -0.1) is 0 Å². The number of halogens is 3. The Hall–Kier alpha value is -3.55. The van der Waals surface area contributed by atoms with E-state index in [2.05, 4.69) is 0 Å². The number of nitrogens with zero attached hydrogens (tertiary/aromatic N) is 1. The number of phenols is 1. The number of alkyl halides is 3. The second-order valence-electron chi connectivity index (χ2n) is 6.25. The maximum absolute atomic E-state index is 13.0. The van der Waals surface area contributed by atoms with Crippen molar-refractivity contribution in [1.29, 1.82) is 0 Å². The smallest absolute Gasteiger partial charge is 0.416 e. The Labute approximate surface area is 164 Å². The van der Waals surface area contributed by atoms with Crippen molar-refractivity contribution >= 4 is 23.6 Å². The Morgan fingerprint density at radius 1 is 1.10 bits per heavy atom. The summed E-state index contributed by atoms with van der Waals surface area (Å²) in [7, 11) is 1.16. The van der Waals surface area contributed by atoms with Crippen molar-refractivity contribution in [3.05, 3.63) is 76.5 Å². The molecule has 150 valence electrons. The largest absolute Gasteiger partial charge is 0.507 e. The van der Waals surface area contributed by atoms with Crippen LogP contribution in [0, 0.1) is 0 Å². The molecule has 3 rings (SSSR count). The summed E-state index contributed by atoms with van der Waals surface area (Å²) in [5.74, 6) is -1.49. The summed E-state index contributed by atoms with van der Waals surface area (Å²) >= 11 is 0. The third-order valence-electron chi connectivity index (χ3n) is 4.48. The van der Waals surface area contributed by atoms with Crippen LogP contribution in [0.1, 0.15) is 18.1 Å². The van der Waals surface area contributed by atoms with Crippen LogP contribution in [-0.4, -0.2) is 24.1 Å². The number of benzene rings is 2. The number of hydrogen-bond donors (Lipinski definition) is 1. The number of aromatic hydroxyl groups is 1. The molecule has 0 aromatic heterocycles.